The van der Waals surface area contributed by atoms with Gasteiger partial charge in [0.1, 0.15) is 0 Å². The number of benzene rings is 6. The third-order valence-electron chi connectivity index (χ3n) is 7.74. The van der Waals surface area contributed by atoms with Crippen LogP contribution in [-0.4, -0.2) is 7.32 Å². The summed E-state index contributed by atoms with van der Waals surface area (Å²) in [5.41, 5.74) is 7.37. The van der Waals surface area contributed by atoms with Gasteiger partial charge in [0.15, 0.2) is 0 Å². The van der Waals surface area contributed by atoms with Gasteiger partial charge < -0.3 is 0 Å². The van der Waals surface area contributed by atoms with Gasteiger partial charge in [0, 0.05) is 0 Å². The molecule has 6 aromatic carbocycles. The molecule has 0 saturated carbocycles. The van der Waals surface area contributed by atoms with E-state index in [1.807, 2.05) is 0 Å². The topological polar surface area (TPSA) is 27.7 Å². The summed E-state index contributed by atoms with van der Waals surface area (Å²) in [6.07, 6.45) is 0. The van der Waals surface area contributed by atoms with Gasteiger partial charge in [0.25, 0.3) is 0 Å². The van der Waals surface area contributed by atoms with E-state index in [1.54, 1.807) is 0 Å². The molecular formula is C42H42BI3O3. The summed E-state index contributed by atoms with van der Waals surface area (Å²) in [4.78, 5) is 0. The SMILES string of the molecule is Cc1ccc(I(OB(OI(c2ccc(C)cc2)c2ccc(C)cc2)OI(c2ccc(C)cc2)c2ccc(C)cc2)c2ccc(C)cc2)cc1. The van der Waals surface area contributed by atoms with Gasteiger partial charge in [-0.3, -0.25) is 0 Å². The molecule has 6 aromatic rings. The molecule has 0 fully saturated rings. The van der Waals surface area contributed by atoms with Crippen LogP contribution in [0.2, 0.25) is 0 Å². The van der Waals surface area contributed by atoms with Crippen LogP contribution in [0.1, 0.15) is 33.4 Å². The van der Waals surface area contributed by atoms with E-state index in [1.165, 1.54) is 54.8 Å². The number of rotatable bonds is 12. The molecular weight excluding hydrogens is 944 g/mol. The van der Waals surface area contributed by atoms with E-state index in [0.717, 1.165) is 0 Å². The first kappa shape index (κ1) is 36.3. The van der Waals surface area contributed by atoms with Crippen molar-refractivity contribution in [1.82, 2.24) is 0 Å². The normalized spacial score (nSPS) is 12.0. The molecule has 0 saturated heterocycles. The molecule has 0 aliphatic heterocycles. The summed E-state index contributed by atoms with van der Waals surface area (Å²) in [5.74, 6) is 0. The van der Waals surface area contributed by atoms with Crippen LogP contribution in [0.5, 0.6) is 0 Å². The molecule has 0 N–H and O–H groups in total. The van der Waals surface area contributed by atoms with Crippen LogP contribution >= 0.6 is 60.7 Å². The van der Waals surface area contributed by atoms with E-state index in [0.29, 0.717) is 0 Å². The molecule has 252 valence electrons. The van der Waals surface area contributed by atoms with E-state index in [2.05, 4.69) is 187 Å². The summed E-state index contributed by atoms with van der Waals surface area (Å²) in [6, 6.07) is 52.9. The molecule has 49 heavy (non-hydrogen) atoms. The van der Waals surface area contributed by atoms with Crippen molar-refractivity contribution < 1.29 is 8.95 Å². The van der Waals surface area contributed by atoms with Gasteiger partial charge in [-0.05, 0) is 0 Å². The average molecular weight is 986 g/mol. The molecule has 0 radical (unpaired) electrons. The van der Waals surface area contributed by atoms with Crippen molar-refractivity contribution in [3.63, 3.8) is 0 Å². The average Bonchev–Trinajstić information content (AvgIpc) is 3.11. The van der Waals surface area contributed by atoms with E-state index in [4.69, 9.17) is 8.95 Å². The fourth-order valence-corrected chi connectivity index (χ4v) is 17.9. The van der Waals surface area contributed by atoms with Crippen molar-refractivity contribution in [2.75, 3.05) is 0 Å². The van der Waals surface area contributed by atoms with Gasteiger partial charge >= 0.3 is 319 Å². The maximum atomic E-state index is 7.33. The van der Waals surface area contributed by atoms with E-state index >= 15 is 0 Å². The summed E-state index contributed by atoms with van der Waals surface area (Å²) in [5, 5.41) is 0. The Hall–Kier alpha value is -2.55. The van der Waals surface area contributed by atoms with Crippen LogP contribution in [-0.2, 0) is 8.95 Å². The number of aryl methyl sites for hydroxylation is 6. The van der Waals surface area contributed by atoms with Crippen LogP contribution in [0.15, 0.2) is 146 Å². The van der Waals surface area contributed by atoms with Crippen molar-refractivity contribution in [3.8, 4) is 0 Å². The molecule has 7 heteroatoms. The molecule has 0 unspecified atom stereocenters. The quantitative estimate of drug-likeness (QED) is 0.0903. The van der Waals surface area contributed by atoms with Crippen molar-refractivity contribution in [1.29, 1.82) is 0 Å². The van der Waals surface area contributed by atoms with Gasteiger partial charge in [0.2, 0.25) is 0 Å². The Balaban J connectivity index is 1.47. The fourth-order valence-electron chi connectivity index (χ4n) is 4.83. The van der Waals surface area contributed by atoms with E-state index in [-0.39, 0.29) is 0 Å². The minimum absolute atomic E-state index is 0.853. The second kappa shape index (κ2) is 17.1. The Labute approximate surface area is 315 Å². The standard InChI is InChI=1S/C42H42BI3O3/c1-31-7-19-37(20-8-31)44(38-21-9-32(2)10-22-38)47-43(48-45(39-23-11-33(3)12-24-39)40-25-13-34(4)14-26-40)49-46(41-27-15-35(5)16-28-41)42-29-17-36(6)18-30-42/h7-30H,1-6H3. The Morgan fingerprint density at radius 1 is 0.265 bits per heavy atom. The molecule has 0 aliphatic rings. The maximum absolute atomic E-state index is 7.33. The molecule has 0 bridgehead atoms. The van der Waals surface area contributed by atoms with Crippen molar-refractivity contribution in [3.05, 3.63) is 200 Å². The summed E-state index contributed by atoms with van der Waals surface area (Å²) < 4.78 is 29.3. The van der Waals surface area contributed by atoms with Gasteiger partial charge in [-0.2, -0.15) is 0 Å². The first-order valence-corrected chi connectivity index (χ1v) is 25.3. The first-order valence-electron chi connectivity index (χ1n) is 16.2. The summed E-state index contributed by atoms with van der Waals surface area (Å²) in [6.45, 7) is 12.8. The Kier molecular flexibility index (Phi) is 12.7. The molecule has 0 atom stereocenters. The van der Waals surface area contributed by atoms with E-state index < -0.39 is 68.0 Å². The second-order valence-electron chi connectivity index (χ2n) is 12.1. The summed E-state index contributed by atoms with van der Waals surface area (Å²) in [7, 11) is -0.853. The zero-order valence-electron chi connectivity index (χ0n) is 28.8. The minimum atomic E-state index is -2.52. The van der Waals surface area contributed by atoms with Crippen molar-refractivity contribution in [2.45, 2.75) is 41.5 Å². The second-order valence-corrected chi connectivity index (χ2v) is 25.3. The zero-order valence-corrected chi connectivity index (χ0v) is 35.3. The Morgan fingerprint density at radius 2 is 0.408 bits per heavy atom. The Bertz CT molecular complexity index is 1560. The third kappa shape index (κ3) is 9.83. The van der Waals surface area contributed by atoms with Crippen LogP contribution in [0, 0.1) is 63.0 Å². The van der Waals surface area contributed by atoms with Gasteiger partial charge in [-0.25, -0.2) is 0 Å². The van der Waals surface area contributed by atoms with Crippen LogP contribution in [0.4, 0.5) is 0 Å². The number of halogens is 3. The molecule has 0 aliphatic carbocycles. The monoisotopic (exact) mass is 986 g/mol. The molecule has 0 amide bonds. The van der Waals surface area contributed by atoms with Gasteiger partial charge in [-0.15, -0.1) is 0 Å². The predicted molar refractivity (Wildman–Crippen MR) is 230 cm³/mol. The fraction of sp³-hybridized carbons (Fsp3) is 0.143. The molecule has 6 rings (SSSR count). The van der Waals surface area contributed by atoms with Gasteiger partial charge in [0.05, 0.1) is 0 Å². The van der Waals surface area contributed by atoms with Crippen LogP contribution < -0.4 is 0 Å². The van der Waals surface area contributed by atoms with E-state index in [9.17, 15) is 0 Å². The molecule has 0 heterocycles. The van der Waals surface area contributed by atoms with Crippen LogP contribution in [0.3, 0.4) is 0 Å². The number of hydrogen-bond acceptors (Lipinski definition) is 3. The third-order valence-corrected chi connectivity index (χ3v) is 21.6. The molecule has 0 aromatic heterocycles. The van der Waals surface area contributed by atoms with Crippen molar-refractivity contribution >= 4 is 68.0 Å². The summed E-state index contributed by atoms with van der Waals surface area (Å²) >= 11 is -7.55. The van der Waals surface area contributed by atoms with Crippen molar-refractivity contribution in [2.24, 2.45) is 0 Å². The first-order chi connectivity index (χ1) is 23.7. The molecule has 0 spiro atoms. The zero-order chi connectivity index (χ0) is 34.3. The number of hydrogen-bond donors (Lipinski definition) is 0. The Morgan fingerprint density at radius 3 is 0.551 bits per heavy atom. The molecule has 3 nitrogen and oxygen atoms in total. The van der Waals surface area contributed by atoms with Gasteiger partial charge in [-0.1, -0.05) is 0 Å². The van der Waals surface area contributed by atoms with Crippen LogP contribution in [0.25, 0.3) is 0 Å². The predicted octanol–water partition coefficient (Wildman–Crippen LogP) is 12.4.